The van der Waals surface area contributed by atoms with Crippen LogP contribution < -0.4 is 11.1 Å². The number of nitro benzene ring substituents is 1. The maximum absolute atomic E-state index is 11.8. The van der Waals surface area contributed by atoms with E-state index in [1.165, 1.54) is 12.1 Å². The van der Waals surface area contributed by atoms with Crippen molar-refractivity contribution in [2.45, 2.75) is 26.2 Å². The Morgan fingerprint density at radius 2 is 1.74 bits per heavy atom. The Morgan fingerprint density at radius 1 is 1.06 bits per heavy atom. The summed E-state index contributed by atoms with van der Waals surface area (Å²) in [7, 11) is 0. The van der Waals surface area contributed by atoms with Gasteiger partial charge >= 0.3 is 5.69 Å². The number of carbonyl (C=O) groups excluding carboxylic acids is 3. The van der Waals surface area contributed by atoms with Gasteiger partial charge in [-0.25, -0.2) is 4.63 Å². The zero-order valence-corrected chi connectivity index (χ0v) is 19.4. The largest absolute Gasteiger partial charge is 0.381 e. The van der Waals surface area contributed by atoms with E-state index in [4.69, 9.17) is 19.9 Å². The SMILES string of the molecule is CC(CC(=O)COCC(=O)CCCOCCOCCNc1ccc([N+](=O)[O-])c2nonc12)C(N)=O. The molecular weight excluding hydrogens is 466 g/mol. The minimum atomic E-state index is -0.558. The first-order valence-corrected chi connectivity index (χ1v) is 11.0. The Balaban J connectivity index is 1.46. The van der Waals surface area contributed by atoms with Crippen molar-refractivity contribution in [2.75, 3.05) is 51.5 Å². The van der Waals surface area contributed by atoms with Crippen LogP contribution in [0.5, 0.6) is 0 Å². The highest BCUT2D eigenvalue weighted by Crippen LogP contribution is 2.28. The molecule has 0 spiro atoms. The Hall–Kier alpha value is -3.49. The number of rotatable bonds is 19. The van der Waals surface area contributed by atoms with Gasteiger partial charge in [-0.1, -0.05) is 6.92 Å². The molecule has 2 aromatic rings. The van der Waals surface area contributed by atoms with E-state index in [0.29, 0.717) is 45.1 Å². The number of nitrogens with two attached hydrogens (primary N) is 1. The Labute approximate surface area is 200 Å². The topological polar surface area (TPSA) is 199 Å². The van der Waals surface area contributed by atoms with E-state index in [0.717, 1.165) is 0 Å². The number of anilines is 1. The van der Waals surface area contributed by atoms with Gasteiger partial charge in [0.05, 0.1) is 30.4 Å². The maximum atomic E-state index is 11.8. The lowest BCUT2D eigenvalue weighted by Crippen LogP contribution is -2.25. The van der Waals surface area contributed by atoms with E-state index in [-0.39, 0.29) is 54.3 Å². The molecule has 0 fully saturated rings. The van der Waals surface area contributed by atoms with Crippen LogP contribution in [0, 0.1) is 16.0 Å². The van der Waals surface area contributed by atoms with Gasteiger partial charge in [-0.2, -0.15) is 0 Å². The van der Waals surface area contributed by atoms with Crippen molar-refractivity contribution >= 4 is 39.9 Å². The Morgan fingerprint density at radius 3 is 2.46 bits per heavy atom. The molecule has 1 aromatic carbocycles. The number of ether oxygens (including phenoxy) is 3. The molecule has 14 nitrogen and oxygen atoms in total. The van der Waals surface area contributed by atoms with Crippen LogP contribution in [0.25, 0.3) is 11.0 Å². The van der Waals surface area contributed by atoms with Gasteiger partial charge < -0.3 is 25.3 Å². The van der Waals surface area contributed by atoms with Crippen molar-refractivity contribution in [3.63, 3.8) is 0 Å². The van der Waals surface area contributed by atoms with Gasteiger partial charge in [0.25, 0.3) is 0 Å². The summed E-state index contributed by atoms with van der Waals surface area (Å²) < 4.78 is 20.5. The molecule has 1 unspecified atom stereocenters. The number of nitro groups is 1. The summed E-state index contributed by atoms with van der Waals surface area (Å²) >= 11 is 0. The Bertz CT molecular complexity index is 1010. The van der Waals surface area contributed by atoms with Crippen molar-refractivity contribution in [3.8, 4) is 0 Å². The van der Waals surface area contributed by atoms with Gasteiger partial charge in [0.1, 0.15) is 13.2 Å². The van der Waals surface area contributed by atoms with Crippen LogP contribution in [0.1, 0.15) is 26.2 Å². The van der Waals surface area contributed by atoms with Crippen molar-refractivity contribution in [2.24, 2.45) is 11.7 Å². The summed E-state index contributed by atoms with van der Waals surface area (Å²) in [5.41, 5.74) is 5.80. The van der Waals surface area contributed by atoms with Gasteiger partial charge in [-0.3, -0.25) is 24.5 Å². The first-order valence-electron chi connectivity index (χ1n) is 11.0. The predicted octanol–water partition coefficient (Wildman–Crippen LogP) is 1.02. The second-order valence-electron chi connectivity index (χ2n) is 7.68. The van der Waals surface area contributed by atoms with E-state index in [1.54, 1.807) is 6.92 Å². The number of nitrogens with one attached hydrogen (secondary N) is 1. The molecule has 3 N–H and O–H groups in total. The summed E-state index contributed by atoms with van der Waals surface area (Å²) in [6.45, 7) is 3.04. The molecule has 0 aliphatic carbocycles. The van der Waals surface area contributed by atoms with Crippen molar-refractivity contribution in [1.82, 2.24) is 10.3 Å². The molecular formula is C21H29N5O9. The number of amides is 1. The zero-order chi connectivity index (χ0) is 25.6. The second kappa shape index (κ2) is 14.7. The van der Waals surface area contributed by atoms with E-state index < -0.39 is 16.7 Å². The minimum absolute atomic E-state index is 0.00446. The average Bonchev–Trinajstić information content (AvgIpc) is 3.30. The quantitative estimate of drug-likeness (QED) is 0.159. The Kier molecular flexibility index (Phi) is 11.7. The first-order chi connectivity index (χ1) is 16.8. The molecule has 0 aliphatic rings. The smallest absolute Gasteiger partial charge is 0.300 e. The minimum Gasteiger partial charge on any atom is -0.381 e. The van der Waals surface area contributed by atoms with Gasteiger partial charge in [-0.05, 0) is 22.8 Å². The van der Waals surface area contributed by atoms with Gasteiger partial charge in [0, 0.05) is 38.0 Å². The van der Waals surface area contributed by atoms with E-state index in [1.807, 2.05) is 0 Å². The highest BCUT2D eigenvalue weighted by atomic mass is 16.6. The number of benzene rings is 1. The van der Waals surface area contributed by atoms with Crippen LogP contribution in [-0.4, -0.2) is 78.9 Å². The van der Waals surface area contributed by atoms with Crippen LogP contribution >= 0.6 is 0 Å². The lowest BCUT2D eigenvalue weighted by Gasteiger charge is -2.08. The number of fused-ring (bicyclic) bond motifs is 1. The number of hydrogen-bond acceptors (Lipinski definition) is 12. The summed E-state index contributed by atoms with van der Waals surface area (Å²) in [5, 5.41) is 21.3. The van der Waals surface area contributed by atoms with Crippen LogP contribution in [0.2, 0.25) is 0 Å². The third kappa shape index (κ3) is 9.72. The van der Waals surface area contributed by atoms with Crippen molar-refractivity contribution < 1.29 is 38.1 Å². The van der Waals surface area contributed by atoms with Gasteiger partial charge in [0.2, 0.25) is 11.4 Å². The van der Waals surface area contributed by atoms with Crippen LogP contribution in [0.3, 0.4) is 0 Å². The average molecular weight is 495 g/mol. The molecule has 1 atom stereocenters. The number of ketones is 2. The molecule has 14 heteroatoms. The van der Waals surface area contributed by atoms with Crippen LogP contribution in [0.15, 0.2) is 16.8 Å². The monoisotopic (exact) mass is 495 g/mol. The fourth-order valence-electron chi connectivity index (χ4n) is 2.95. The predicted molar refractivity (Wildman–Crippen MR) is 122 cm³/mol. The number of Topliss-reactive ketones (excluding diaryl/α,β-unsaturated/α-hetero) is 2. The van der Waals surface area contributed by atoms with Gasteiger partial charge in [-0.15, -0.1) is 0 Å². The summed E-state index contributed by atoms with van der Waals surface area (Å²) in [5.74, 6) is -1.53. The highest BCUT2D eigenvalue weighted by Gasteiger charge is 2.19. The number of nitrogens with zero attached hydrogens (tertiary/aromatic N) is 3. The maximum Gasteiger partial charge on any atom is 0.300 e. The molecule has 35 heavy (non-hydrogen) atoms. The molecule has 0 saturated carbocycles. The molecule has 0 bridgehead atoms. The molecule has 1 heterocycles. The van der Waals surface area contributed by atoms with Crippen LogP contribution in [-0.2, 0) is 28.6 Å². The number of hydrogen-bond donors (Lipinski definition) is 2. The van der Waals surface area contributed by atoms with Gasteiger partial charge in [0.15, 0.2) is 17.1 Å². The molecule has 0 aliphatic heterocycles. The van der Waals surface area contributed by atoms with E-state index >= 15 is 0 Å². The second-order valence-corrected chi connectivity index (χ2v) is 7.68. The number of aromatic nitrogens is 2. The number of primary amides is 1. The summed E-state index contributed by atoms with van der Waals surface area (Å²) in [4.78, 5) is 44.7. The highest BCUT2D eigenvalue weighted by molar-refractivity contribution is 5.93. The summed E-state index contributed by atoms with van der Waals surface area (Å²) in [6.07, 6.45) is 0.769. The lowest BCUT2D eigenvalue weighted by molar-refractivity contribution is -0.383. The molecule has 0 saturated heterocycles. The number of non-ortho nitro benzene ring substituents is 1. The fourth-order valence-corrected chi connectivity index (χ4v) is 2.95. The van der Waals surface area contributed by atoms with E-state index in [2.05, 4.69) is 20.3 Å². The standard InChI is InChI=1S/C21H29N5O9/c1-14(21(22)29)11-16(28)13-34-12-15(27)3-2-7-32-9-10-33-8-6-23-17-4-5-18(26(30)31)20-19(17)24-35-25-20/h4-5,14,23H,2-3,6-13H2,1H3,(H2,22,29). The molecule has 0 radical (unpaired) electrons. The molecule has 192 valence electrons. The third-order valence-corrected chi connectivity index (χ3v) is 4.81. The zero-order valence-electron chi connectivity index (χ0n) is 19.4. The summed E-state index contributed by atoms with van der Waals surface area (Å²) in [6, 6.07) is 2.86. The van der Waals surface area contributed by atoms with E-state index in [9.17, 15) is 24.5 Å². The molecule has 1 aromatic heterocycles. The molecule has 2 rings (SSSR count). The lowest BCUT2D eigenvalue weighted by atomic mass is 10.1. The molecule has 1 amide bonds. The van der Waals surface area contributed by atoms with Crippen molar-refractivity contribution in [1.29, 1.82) is 0 Å². The normalized spacial score (nSPS) is 11.9. The third-order valence-electron chi connectivity index (χ3n) is 4.81. The fraction of sp³-hybridized carbons (Fsp3) is 0.571. The van der Waals surface area contributed by atoms with Crippen molar-refractivity contribution in [3.05, 3.63) is 22.2 Å². The number of carbonyl (C=O) groups is 3. The van der Waals surface area contributed by atoms with Crippen LogP contribution in [0.4, 0.5) is 11.4 Å². The first kappa shape index (κ1) is 27.8.